The number of benzene rings is 1. The molecular weight excluding hydrogens is 324 g/mol. The molecule has 1 saturated heterocycles. The molecule has 1 aliphatic heterocycles. The maximum absolute atomic E-state index is 13.2. The van der Waals surface area contributed by atoms with E-state index >= 15 is 0 Å². The van der Waals surface area contributed by atoms with Crippen LogP contribution >= 0.6 is 0 Å². The third-order valence-corrected chi connectivity index (χ3v) is 4.76. The minimum Gasteiger partial charge on any atom is -0.464 e. The molecule has 0 radical (unpaired) electrons. The molecule has 0 spiro atoms. The second-order valence-corrected chi connectivity index (χ2v) is 6.96. The molecule has 0 saturated carbocycles. The van der Waals surface area contributed by atoms with Crippen LogP contribution in [0.25, 0.3) is 11.0 Å². The molecule has 1 aromatic carbocycles. The molecule has 0 bridgehead atoms. The van der Waals surface area contributed by atoms with Gasteiger partial charge in [0.25, 0.3) is 0 Å². The number of fused-ring (bicyclic) bond motifs is 1. The van der Waals surface area contributed by atoms with Crippen LogP contribution in [-0.2, 0) is 22.1 Å². The Balaban J connectivity index is 2.17. The minimum absolute atomic E-state index is 0.0537. The van der Waals surface area contributed by atoms with E-state index in [0.29, 0.717) is 17.3 Å². The summed E-state index contributed by atoms with van der Waals surface area (Å²) < 4.78 is 56.5. The lowest BCUT2D eigenvalue weighted by Gasteiger charge is -2.32. The van der Waals surface area contributed by atoms with E-state index in [1.54, 1.807) is 6.07 Å². The number of furan rings is 1. The van der Waals surface area contributed by atoms with Crippen molar-refractivity contribution in [1.29, 1.82) is 0 Å². The first-order valence-electron chi connectivity index (χ1n) is 7.54. The molecule has 1 fully saturated rings. The topological polar surface area (TPSA) is 51.8 Å². The van der Waals surface area contributed by atoms with Gasteiger partial charge in [0.05, 0.1) is 17.8 Å². The van der Waals surface area contributed by atoms with E-state index in [9.17, 15) is 18.3 Å². The van der Waals surface area contributed by atoms with Crippen molar-refractivity contribution in [3.63, 3.8) is 0 Å². The predicted octanol–water partition coefficient (Wildman–Crippen LogP) is 3.24. The average molecular weight is 342 g/mol. The lowest BCUT2D eigenvalue weighted by Crippen LogP contribution is -2.41. The first-order chi connectivity index (χ1) is 11.0. The van der Waals surface area contributed by atoms with Crippen LogP contribution in [0.15, 0.2) is 22.8 Å². The minimum atomic E-state index is -4.55. The molecule has 3 rings (SSSR count). The summed E-state index contributed by atoms with van der Waals surface area (Å²) in [6.07, 6.45) is -3.87. The number of hydrogen-bond donors (Lipinski definition) is 1. The summed E-state index contributed by atoms with van der Waals surface area (Å²) in [6, 6.07) is 2.82. The Morgan fingerprint density at radius 3 is 2.17 bits per heavy atom. The maximum atomic E-state index is 13.2. The van der Waals surface area contributed by atoms with Crippen LogP contribution in [0.2, 0.25) is 0 Å². The van der Waals surface area contributed by atoms with Gasteiger partial charge in [0.1, 0.15) is 17.4 Å². The monoisotopic (exact) mass is 342 g/mol. The largest absolute Gasteiger partial charge is 0.498 e. The van der Waals surface area contributed by atoms with Crippen molar-refractivity contribution >= 4 is 23.6 Å². The Bertz CT molecular complexity index is 763. The second kappa shape index (κ2) is 5.24. The zero-order chi connectivity index (χ0) is 17.9. The number of rotatable bonds is 2. The lowest BCUT2D eigenvalue weighted by molar-refractivity contribution is -0.136. The summed E-state index contributed by atoms with van der Waals surface area (Å²) in [5, 5.41) is 9.30. The van der Waals surface area contributed by atoms with Crippen LogP contribution < -0.4 is 5.46 Å². The fourth-order valence-electron chi connectivity index (χ4n) is 2.68. The molecule has 0 aliphatic carbocycles. The average Bonchev–Trinajstić information content (AvgIpc) is 2.96. The molecule has 8 heteroatoms. The van der Waals surface area contributed by atoms with Crippen molar-refractivity contribution in [2.45, 2.75) is 51.7 Å². The lowest BCUT2D eigenvalue weighted by atomic mass is 9.77. The van der Waals surface area contributed by atoms with Crippen molar-refractivity contribution in [1.82, 2.24) is 0 Å². The highest BCUT2D eigenvalue weighted by Crippen LogP contribution is 2.39. The number of halogens is 3. The molecule has 2 aromatic rings. The standard InChI is InChI=1S/C16H18BF3O4/c1-14(2)15(3,4)24-17(23-14)12-6-9(7-21)5-10-11(16(18,19)20)8-22-13(10)12/h5-6,8,21H,7H2,1-4H3. The van der Waals surface area contributed by atoms with Gasteiger partial charge >= 0.3 is 13.3 Å². The van der Waals surface area contributed by atoms with Gasteiger partial charge in [-0.15, -0.1) is 0 Å². The summed E-state index contributed by atoms with van der Waals surface area (Å²) in [5.41, 5.74) is -1.44. The highest BCUT2D eigenvalue weighted by molar-refractivity contribution is 6.64. The van der Waals surface area contributed by atoms with E-state index in [1.807, 2.05) is 27.7 Å². The Labute approximate surface area is 137 Å². The van der Waals surface area contributed by atoms with Gasteiger partial charge in [-0.1, -0.05) is 6.07 Å². The number of hydrogen-bond acceptors (Lipinski definition) is 4. The summed E-state index contributed by atoms with van der Waals surface area (Å²) in [7, 11) is -0.878. The van der Waals surface area contributed by atoms with Crippen molar-refractivity contribution in [2.75, 3.05) is 0 Å². The molecule has 4 nitrogen and oxygen atoms in total. The van der Waals surface area contributed by atoms with Gasteiger partial charge in [0.2, 0.25) is 0 Å². The second-order valence-electron chi connectivity index (χ2n) is 6.96. The molecule has 2 heterocycles. The smallest absolute Gasteiger partial charge is 0.464 e. The van der Waals surface area contributed by atoms with Gasteiger partial charge in [-0.3, -0.25) is 0 Å². The van der Waals surface area contributed by atoms with Gasteiger partial charge in [-0.25, -0.2) is 0 Å². The molecule has 1 aromatic heterocycles. The van der Waals surface area contributed by atoms with Crippen LogP contribution in [0.5, 0.6) is 0 Å². The fourth-order valence-corrected chi connectivity index (χ4v) is 2.68. The Morgan fingerprint density at radius 1 is 1.08 bits per heavy atom. The molecule has 24 heavy (non-hydrogen) atoms. The van der Waals surface area contributed by atoms with Crippen LogP contribution in [0.4, 0.5) is 13.2 Å². The summed E-state index contributed by atoms with van der Waals surface area (Å²) >= 11 is 0. The van der Waals surface area contributed by atoms with Gasteiger partial charge < -0.3 is 18.8 Å². The van der Waals surface area contributed by atoms with Gasteiger partial charge in [0, 0.05) is 10.8 Å². The normalized spacial score (nSPS) is 20.1. The highest BCUT2D eigenvalue weighted by atomic mass is 19.4. The Kier molecular flexibility index (Phi) is 3.78. The molecule has 0 atom stereocenters. The van der Waals surface area contributed by atoms with E-state index in [4.69, 9.17) is 13.7 Å². The van der Waals surface area contributed by atoms with E-state index in [-0.39, 0.29) is 11.0 Å². The van der Waals surface area contributed by atoms with Crippen LogP contribution in [0.1, 0.15) is 38.8 Å². The molecule has 0 unspecified atom stereocenters. The van der Waals surface area contributed by atoms with Crippen molar-refractivity contribution in [3.8, 4) is 0 Å². The van der Waals surface area contributed by atoms with Crippen LogP contribution in [0, 0.1) is 0 Å². The van der Waals surface area contributed by atoms with Crippen molar-refractivity contribution in [2.24, 2.45) is 0 Å². The summed E-state index contributed by atoms with van der Waals surface area (Å²) in [4.78, 5) is 0. The fraction of sp³-hybridized carbons (Fsp3) is 0.500. The molecule has 1 N–H and O–H groups in total. The van der Waals surface area contributed by atoms with Crippen LogP contribution in [0.3, 0.4) is 0 Å². The van der Waals surface area contributed by atoms with E-state index < -0.39 is 36.7 Å². The third kappa shape index (κ3) is 2.62. The SMILES string of the molecule is CC1(C)OB(c2cc(CO)cc3c(C(F)(F)F)coc23)OC1(C)C. The van der Waals surface area contributed by atoms with Gasteiger partial charge in [-0.05, 0) is 39.3 Å². The van der Waals surface area contributed by atoms with Gasteiger partial charge in [-0.2, -0.15) is 13.2 Å². The van der Waals surface area contributed by atoms with E-state index in [2.05, 4.69) is 0 Å². The number of aliphatic hydroxyl groups is 1. The van der Waals surface area contributed by atoms with E-state index in [0.717, 1.165) is 0 Å². The molecular formula is C16H18BF3O4. The van der Waals surface area contributed by atoms with Crippen LogP contribution in [-0.4, -0.2) is 23.4 Å². The van der Waals surface area contributed by atoms with Crippen molar-refractivity contribution < 1.29 is 32.0 Å². The number of aliphatic hydroxyl groups excluding tert-OH is 1. The Morgan fingerprint density at radius 2 is 1.67 bits per heavy atom. The quantitative estimate of drug-likeness (QED) is 0.852. The first kappa shape index (κ1) is 17.3. The maximum Gasteiger partial charge on any atom is 0.498 e. The Hall–Kier alpha value is -1.51. The third-order valence-electron chi connectivity index (χ3n) is 4.76. The zero-order valence-corrected chi connectivity index (χ0v) is 13.8. The number of alkyl halides is 3. The first-order valence-corrected chi connectivity index (χ1v) is 7.54. The predicted molar refractivity (Wildman–Crippen MR) is 82.9 cm³/mol. The van der Waals surface area contributed by atoms with Crippen molar-refractivity contribution in [3.05, 3.63) is 29.5 Å². The molecule has 0 amide bonds. The molecule has 130 valence electrons. The van der Waals surface area contributed by atoms with Gasteiger partial charge in [0.15, 0.2) is 0 Å². The van der Waals surface area contributed by atoms with E-state index in [1.165, 1.54) is 6.07 Å². The zero-order valence-electron chi connectivity index (χ0n) is 13.8. The molecule has 1 aliphatic rings. The summed E-state index contributed by atoms with van der Waals surface area (Å²) in [5.74, 6) is 0. The highest BCUT2D eigenvalue weighted by Gasteiger charge is 2.52. The summed E-state index contributed by atoms with van der Waals surface area (Å²) in [6.45, 7) is 7.00.